The van der Waals surface area contributed by atoms with Crippen LogP contribution in [0.25, 0.3) is 0 Å². The summed E-state index contributed by atoms with van der Waals surface area (Å²) in [5, 5.41) is 1.64. The van der Waals surface area contributed by atoms with E-state index in [4.69, 9.17) is 5.73 Å². The predicted molar refractivity (Wildman–Crippen MR) is 50.1 cm³/mol. The van der Waals surface area contributed by atoms with Crippen LogP contribution >= 0.6 is 27.3 Å². The van der Waals surface area contributed by atoms with Crippen LogP contribution in [0.2, 0.25) is 0 Å². The zero-order valence-corrected chi connectivity index (χ0v) is 8.96. The van der Waals surface area contributed by atoms with Crippen LogP contribution < -0.4 is 5.73 Å². The molecule has 0 saturated heterocycles. The molecule has 2 nitrogen and oxygen atoms in total. The van der Waals surface area contributed by atoms with Crippen LogP contribution in [-0.4, -0.2) is 17.5 Å². The SMILES string of the molecule is NCC1(c2csc(Br)n2)CC1(F)F. The van der Waals surface area contributed by atoms with Crippen molar-refractivity contribution in [3.8, 4) is 0 Å². The fourth-order valence-corrected chi connectivity index (χ4v) is 2.52. The molecule has 0 aromatic carbocycles. The molecule has 0 aliphatic heterocycles. The standard InChI is InChI=1S/C7H7BrF2N2S/c8-5-12-4(1-13-5)6(3-11)2-7(6,9)10/h1H,2-3,11H2. The van der Waals surface area contributed by atoms with Gasteiger partial charge in [0, 0.05) is 18.3 Å². The zero-order chi connectivity index (χ0) is 9.69. The first kappa shape index (κ1) is 9.48. The van der Waals surface area contributed by atoms with Gasteiger partial charge in [0.1, 0.15) is 0 Å². The number of aromatic nitrogens is 1. The third kappa shape index (κ3) is 1.23. The number of nitrogens with two attached hydrogens (primary N) is 1. The Kier molecular flexibility index (Phi) is 1.98. The first-order valence-corrected chi connectivity index (χ1v) is 5.38. The second-order valence-corrected chi connectivity index (χ2v) is 5.29. The maximum atomic E-state index is 13.0. The second kappa shape index (κ2) is 2.71. The van der Waals surface area contributed by atoms with Crippen LogP contribution in [0.15, 0.2) is 9.30 Å². The van der Waals surface area contributed by atoms with Crippen molar-refractivity contribution in [2.24, 2.45) is 5.73 Å². The molecule has 2 N–H and O–H groups in total. The van der Waals surface area contributed by atoms with Gasteiger partial charge in [0.2, 0.25) is 0 Å². The van der Waals surface area contributed by atoms with E-state index >= 15 is 0 Å². The molecule has 1 heterocycles. The molecule has 0 amide bonds. The summed E-state index contributed by atoms with van der Waals surface area (Å²) in [4.78, 5) is 3.99. The molecule has 72 valence electrons. The molecule has 1 unspecified atom stereocenters. The first-order chi connectivity index (χ1) is 6.02. The number of halogens is 3. The van der Waals surface area contributed by atoms with Gasteiger partial charge in [-0.15, -0.1) is 11.3 Å². The van der Waals surface area contributed by atoms with Gasteiger partial charge in [-0.05, 0) is 15.9 Å². The Hall–Kier alpha value is -0.0700. The number of rotatable bonds is 2. The van der Waals surface area contributed by atoms with Gasteiger partial charge in [-0.3, -0.25) is 0 Å². The smallest absolute Gasteiger partial charge is 0.261 e. The van der Waals surface area contributed by atoms with Crippen LogP contribution in [0, 0.1) is 0 Å². The van der Waals surface area contributed by atoms with E-state index in [1.54, 1.807) is 5.38 Å². The van der Waals surface area contributed by atoms with Crippen LogP contribution in [0.5, 0.6) is 0 Å². The maximum absolute atomic E-state index is 13.0. The lowest BCUT2D eigenvalue weighted by Gasteiger charge is -2.09. The van der Waals surface area contributed by atoms with Gasteiger partial charge in [-0.25, -0.2) is 13.8 Å². The Morgan fingerprint density at radius 1 is 1.69 bits per heavy atom. The van der Waals surface area contributed by atoms with E-state index < -0.39 is 11.3 Å². The average molecular weight is 269 g/mol. The van der Waals surface area contributed by atoms with Gasteiger partial charge in [-0.2, -0.15) is 0 Å². The van der Waals surface area contributed by atoms with Gasteiger partial charge in [0.05, 0.1) is 11.1 Å². The van der Waals surface area contributed by atoms with Gasteiger partial charge in [0.25, 0.3) is 5.92 Å². The average Bonchev–Trinajstić information content (AvgIpc) is 2.43. The van der Waals surface area contributed by atoms with Crippen molar-refractivity contribution in [1.82, 2.24) is 4.98 Å². The van der Waals surface area contributed by atoms with Crippen molar-refractivity contribution in [2.45, 2.75) is 17.8 Å². The highest BCUT2D eigenvalue weighted by molar-refractivity contribution is 9.11. The van der Waals surface area contributed by atoms with E-state index in [1.807, 2.05) is 0 Å². The molecule has 1 aliphatic rings. The zero-order valence-electron chi connectivity index (χ0n) is 6.56. The highest BCUT2D eigenvalue weighted by Crippen LogP contribution is 2.60. The minimum Gasteiger partial charge on any atom is -0.329 e. The van der Waals surface area contributed by atoms with Gasteiger partial charge in [-0.1, -0.05) is 0 Å². The molecular formula is C7H7BrF2N2S. The minimum atomic E-state index is -2.67. The third-order valence-electron chi connectivity index (χ3n) is 2.41. The van der Waals surface area contributed by atoms with Crippen LogP contribution in [0.4, 0.5) is 8.78 Å². The Morgan fingerprint density at radius 2 is 2.31 bits per heavy atom. The molecule has 0 radical (unpaired) electrons. The van der Waals surface area contributed by atoms with Crippen molar-refractivity contribution in [3.63, 3.8) is 0 Å². The van der Waals surface area contributed by atoms with E-state index in [0.29, 0.717) is 9.61 Å². The predicted octanol–water partition coefficient (Wildman–Crippen LogP) is 2.14. The molecule has 1 aromatic rings. The molecule has 0 spiro atoms. The highest BCUT2D eigenvalue weighted by Gasteiger charge is 2.72. The summed E-state index contributed by atoms with van der Waals surface area (Å²) >= 11 is 4.44. The van der Waals surface area contributed by atoms with E-state index in [2.05, 4.69) is 20.9 Å². The Bertz CT molecular complexity index is 341. The molecule has 1 fully saturated rings. The molecule has 1 atom stereocenters. The van der Waals surface area contributed by atoms with Gasteiger partial charge < -0.3 is 5.73 Å². The Labute approximate surface area is 86.3 Å². The van der Waals surface area contributed by atoms with E-state index in [1.165, 1.54) is 11.3 Å². The summed E-state index contributed by atoms with van der Waals surface area (Å²) in [7, 11) is 0. The second-order valence-electron chi connectivity index (χ2n) is 3.15. The maximum Gasteiger partial charge on any atom is 0.261 e. The monoisotopic (exact) mass is 268 g/mol. The number of alkyl halides is 2. The normalized spacial score (nSPS) is 30.5. The molecule has 1 saturated carbocycles. The fraction of sp³-hybridized carbons (Fsp3) is 0.571. The number of hydrogen-bond donors (Lipinski definition) is 1. The minimum absolute atomic E-state index is 0.0455. The fourth-order valence-electron chi connectivity index (χ4n) is 1.41. The summed E-state index contributed by atoms with van der Waals surface area (Å²) in [6.45, 7) is -0.0455. The largest absolute Gasteiger partial charge is 0.329 e. The lowest BCUT2D eigenvalue weighted by molar-refractivity contribution is 0.0887. The third-order valence-corrected chi connectivity index (χ3v) is 3.78. The lowest BCUT2D eigenvalue weighted by Crippen LogP contribution is -2.27. The molecule has 2 rings (SSSR count). The van der Waals surface area contributed by atoms with Crippen LogP contribution in [-0.2, 0) is 5.41 Å². The van der Waals surface area contributed by atoms with Crippen molar-refractivity contribution >= 4 is 27.3 Å². The van der Waals surface area contributed by atoms with Crippen LogP contribution in [0.3, 0.4) is 0 Å². The number of hydrogen-bond acceptors (Lipinski definition) is 3. The molecule has 1 aliphatic carbocycles. The molecule has 1 aromatic heterocycles. The summed E-state index contributed by atoms with van der Waals surface area (Å²) in [6.07, 6.45) is -0.174. The van der Waals surface area contributed by atoms with Gasteiger partial charge in [0.15, 0.2) is 3.92 Å². The highest BCUT2D eigenvalue weighted by atomic mass is 79.9. The van der Waals surface area contributed by atoms with E-state index in [-0.39, 0.29) is 13.0 Å². The van der Waals surface area contributed by atoms with Crippen molar-refractivity contribution in [3.05, 3.63) is 15.0 Å². The topological polar surface area (TPSA) is 38.9 Å². The first-order valence-electron chi connectivity index (χ1n) is 3.71. The summed E-state index contributed by atoms with van der Waals surface area (Å²) in [5.74, 6) is -2.67. The Morgan fingerprint density at radius 3 is 2.62 bits per heavy atom. The molecule has 13 heavy (non-hydrogen) atoms. The van der Waals surface area contributed by atoms with E-state index in [9.17, 15) is 8.78 Å². The summed E-state index contributed by atoms with van der Waals surface area (Å²) in [6, 6.07) is 0. The number of nitrogens with zero attached hydrogens (tertiary/aromatic N) is 1. The summed E-state index contributed by atoms with van der Waals surface area (Å²) in [5.41, 5.74) is 4.58. The van der Waals surface area contributed by atoms with Gasteiger partial charge >= 0.3 is 0 Å². The quantitative estimate of drug-likeness (QED) is 0.893. The summed E-state index contributed by atoms with van der Waals surface area (Å²) < 4.78 is 26.7. The van der Waals surface area contributed by atoms with Crippen LogP contribution in [0.1, 0.15) is 12.1 Å². The Balaban J connectivity index is 2.35. The van der Waals surface area contributed by atoms with Crippen molar-refractivity contribution in [1.29, 1.82) is 0 Å². The molecule has 0 bridgehead atoms. The van der Waals surface area contributed by atoms with Crippen molar-refractivity contribution < 1.29 is 8.78 Å². The molecular weight excluding hydrogens is 262 g/mol. The number of thiazole rings is 1. The molecule has 6 heteroatoms. The van der Waals surface area contributed by atoms with E-state index in [0.717, 1.165) is 0 Å². The lowest BCUT2D eigenvalue weighted by atomic mass is 10.0. The van der Waals surface area contributed by atoms with Crippen molar-refractivity contribution in [2.75, 3.05) is 6.54 Å².